The van der Waals surface area contributed by atoms with E-state index in [0.717, 1.165) is 22.3 Å². The lowest BCUT2D eigenvalue weighted by Crippen LogP contribution is -2.65. The molecule has 2 heterocycles. The Morgan fingerprint density at radius 1 is 0.642 bits per heavy atom. The minimum Gasteiger partial charge on any atom is -0.457 e. The van der Waals surface area contributed by atoms with Crippen molar-refractivity contribution < 1.29 is 48.8 Å². The standard InChI is InChI=1S/C41H46N2O10/c44-26-41(47)37-34(32(45)38(41)46)53-40(42-37)43-39-36(51-24-30-19-11-4-12-20-30)35(50-23-29-17-9-3-10-18-29)33(49-22-28-15-7-2-8-16-28)31(52-39)25-48-21-27-13-5-1-6-14-27/h1-20,31-39,44-47H,21-26H2,(H,42,43)/t31-,32-,33-,34-,35+,36-,37-,38-,39+,41-/m1/s1. The van der Waals surface area contributed by atoms with Crippen LogP contribution >= 0.6 is 0 Å². The van der Waals surface area contributed by atoms with Gasteiger partial charge >= 0.3 is 0 Å². The number of aliphatic hydroxyl groups excluding tert-OH is 3. The summed E-state index contributed by atoms with van der Waals surface area (Å²) in [4.78, 5) is 4.48. The van der Waals surface area contributed by atoms with E-state index in [2.05, 4.69) is 10.3 Å². The van der Waals surface area contributed by atoms with Gasteiger partial charge in [0.05, 0.1) is 39.6 Å². The first kappa shape index (κ1) is 37.1. The van der Waals surface area contributed by atoms with Crippen LogP contribution in [0, 0.1) is 0 Å². The fraction of sp³-hybridized carbons (Fsp3) is 0.390. The first-order valence-electron chi connectivity index (χ1n) is 17.9. The van der Waals surface area contributed by atoms with Crippen LogP contribution in [0.4, 0.5) is 0 Å². The molecule has 0 unspecified atom stereocenters. The Kier molecular flexibility index (Phi) is 12.1. The number of ether oxygens (including phenoxy) is 6. The number of amidine groups is 1. The quantitative estimate of drug-likeness (QED) is 0.123. The average Bonchev–Trinajstić information content (AvgIpc) is 3.70. The first-order valence-corrected chi connectivity index (χ1v) is 17.9. The zero-order valence-electron chi connectivity index (χ0n) is 29.2. The van der Waals surface area contributed by atoms with E-state index in [1.165, 1.54) is 0 Å². The molecule has 10 atom stereocenters. The molecule has 0 amide bonds. The molecule has 1 aliphatic carbocycles. The summed E-state index contributed by atoms with van der Waals surface area (Å²) < 4.78 is 39.1. The third-order valence-corrected chi connectivity index (χ3v) is 9.90. The second kappa shape index (κ2) is 17.3. The Morgan fingerprint density at radius 2 is 1.11 bits per heavy atom. The van der Waals surface area contributed by atoms with Crippen molar-refractivity contribution in [2.24, 2.45) is 4.99 Å². The molecule has 0 bridgehead atoms. The second-order valence-electron chi connectivity index (χ2n) is 13.6. The van der Waals surface area contributed by atoms with Crippen molar-refractivity contribution in [3.63, 3.8) is 0 Å². The van der Waals surface area contributed by atoms with Gasteiger partial charge < -0.3 is 54.2 Å². The Bertz CT molecular complexity index is 1740. The minimum atomic E-state index is -2.10. The molecule has 5 N–H and O–H groups in total. The van der Waals surface area contributed by atoms with Gasteiger partial charge in [0.2, 0.25) is 0 Å². The van der Waals surface area contributed by atoms with Crippen LogP contribution in [0.3, 0.4) is 0 Å². The van der Waals surface area contributed by atoms with E-state index in [-0.39, 0.29) is 32.4 Å². The van der Waals surface area contributed by atoms with Crippen molar-refractivity contribution in [2.75, 3.05) is 13.2 Å². The molecule has 53 heavy (non-hydrogen) atoms. The lowest BCUT2D eigenvalue weighted by atomic mass is 9.96. The summed E-state index contributed by atoms with van der Waals surface area (Å²) in [6, 6.07) is 38.0. The van der Waals surface area contributed by atoms with E-state index >= 15 is 0 Å². The Labute approximate surface area is 308 Å². The highest BCUT2D eigenvalue weighted by atomic mass is 16.6. The van der Waals surface area contributed by atoms with E-state index in [1.807, 2.05) is 121 Å². The molecular formula is C41H46N2O10. The molecule has 12 nitrogen and oxygen atoms in total. The van der Waals surface area contributed by atoms with Crippen molar-refractivity contribution in [3.05, 3.63) is 144 Å². The van der Waals surface area contributed by atoms with Gasteiger partial charge in [-0.25, -0.2) is 4.99 Å². The summed E-state index contributed by atoms with van der Waals surface area (Å²) in [6.07, 6.45) is -8.08. The monoisotopic (exact) mass is 726 g/mol. The summed E-state index contributed by atoms with van der Waals surface area (Å²) in [6.45, 7) is 0.390. The molecule has 2 aliphatic heterocycles. The predicted molar refractivity (Wildman–Crippen MR) is 193 cm³/mol. The molecular weight excluding hydrogens is 680 g/mol. The number of rotatable bonds is 15. The van der Waals surface area contributed by atoms with Crippen LogP contribution < -0.4 is 5.32 Å². The van der Waals surface area contributed by atoms with Crippen LogP contribution in [0.2, 0.25) is 0 Å². The summed E-state index contributed by atoms with van der Waals surface area (Å²) in [5, 5.41) is 45.4. The molecule has 280 valence electrons. The summed E-state index contributed by atoms with van der Waals surface area (Å²) in [7, 11) is 0. The number of aliphatic imine (C=N–C) groups is 1. The van der Waals surface area contributed by atoms with Crippen LogP contribution in [-0.4, -0.2) is 100 Å². The third kappa shape index (κ3) is 8.62. The van der Waals surface area contributed by atoms with Gasteiger partial charge in [-0.1, -0.05) is 121 Å². The summed E-state index contributed by atoms with van der Waals surface area (Å²) >= 11 is 0. The smallest absolute Gasteiger partial charge is 0.287 e. The molecule has 0 radical (unpaired) electrons. The molecule has 4 aromatic rings. The van der Waals surface area contributed by atoms with E-state index in [0.29, 0.717) is 6.61 Å². The van der Waals surface area contributed by atoms with Gasteiger partial charge in [-0.2, -0.15) is 0 Å². The van der Waals surface area contributed by atoms with Gasteiger partial charge in [-0.3, -0.25) is 0 Å². The molecule has 4 aromatic carbocycles. The van der Waals surface area contributed by atoms with Crippen LogP contribution in [0.15, 0.2) is 126 Å². The molecule has 2 fully saturated rings. The van der Waals surface area contributed by atoms with Crippen LogP contribution in [0.1, 0.15) is 22.3 Å². The van der Waals surface area contributed by atoms with Crippen LogP contribution in [-0.2, 0) is 54.8 Å². The van der Waals surface area contributed by atoms with E-state index in [4.69, 9.17) is 28.4 Å². The number of benzene rings is 4. The third-order valence-electron chi connectivity index (χ3n) is 9.90. The molecule has 0 aromatic heterocycles. The Hall–Kier alpha value is -4.21. The number of nitrogens with one attached hydrogen (secondary N) is 1. The maximum atomic E-state index is 11.1. The normalized spacial score (nSPS) is 30.7. The van der Waals surface area contributed by atoms with Crippen LogP contribution in [0.5, 0.6) is 0 Å². The lowest BCUT2D eigenvalue weighted by molar-refractivity contribution is -0.276. The maximum absolute atomic E-state index is 11.1. The number of nitrogens with zero attached hydrogens (tertiary/aromatic N) is 1. The van der Waals surface area contributed by atoms with E-state index in [9.17, 15) is 20.4 Å². The van der Waals surface area contributed by atoms with Crippen LogP contribution in [0.25, 0.3) is 0 Å². The van der Waals surface area contributed by atoms with Crippen molar-refractivity contribution in [1.82, 2.24) is 5.32 Å². The van der Waals surface area contributed by atoms with E-state index in [1.54, 1.807) is 0 Å². The molecule has 0 spiro atoms. The van der Waals surface area contributed by atoms with Crippen molar-refractivity contribution in [3.8, 4) is 0 Å². The van der Waals surface area contributed by atoms with Gasteiger partial charge in [0.25, 0.3) is 6.02 Å². The van der Waals surface area contributed by atoms with Crippen molar-refractivity contribution >= 4 is 6.02 Å². The predicted octanol–water partition coefficient (Wildman–Crippen LogP) is 2.86. The van der Waals surface area contributed by atoms with Gasteiger partial charge in [0.15, 0.2) is 12.3 Å². The minimum absolute atomic E-state index is 0.0504. The van der Waals surface area contributed by atoms with E-state index < -0.39 is 67.2 Å². The molecule has 12 heteroatoms. The summed E-state index contributed by atoms with van der Waals surface area (Å²) in [5.41, 5.74) is 1.75. The maximum Gasteiger partial charge on any atom is 0.287 e. The largest absolute Gasteiger partial charge is 0.457 e. The van der Waals surface area contributed by atoms with Gasteiger partial charge in [0.1, 0.15) is 48.3 Å². The number of hydrogen-bond donors (Lipinski definition) is 5. The number of aliphatic hydroxyl groups is 4. The first-order chi connectivity index (χ1) is 25.9. The zero-order valence-corrected chi connectivity index (χ0v) is 29.2. The Balaban J connectivity index is 1.21. The SMILES string of the molecule is OC[C@]1(O)[C@H](O)[C@H](O)[C@H]2OC(N[C@H]3O[C@H](COCc4ccccc4)[C@@H](OCc4ccccc4)[C@H](OCc4ccccc4)[C@H]3OCc3ccccc3)=N[C@H]21. The summed E-state index contributed by atoms with van der Waals surface area (Å²) in [5.74, 6) is 0. The topological polar surface area (TPSA) is 161 Å². The molecule has 7 rings (SSSR count). The fourth-order valence-corrected chi connectivity index (χ4v) is 7.01. The second-order valence-corrected chi connectivity index (χ2v) is 13.6. The van der Waals surface area contributed by atoms with Gasteiger partial charge in [-0.05, 0) is 22.3 Å². The highest BCUT2D eigenvalue weighted by Gasteiger charge is 2.63. The van der Waals surface area contributed by atoms with Gasteiger partial charge in [-0.15, -0.1) is 0 Å². The number of fused-ring (bicyclic) bond motifs is 1. The molecule has 3 aliphatic rings. The van der Waals surface area contributed by atoms with Crippen molar-refractivity contribution in [2.45, 2.75) is 87.0 Å². The molecule has 1 saturated carbocycles. The Morgan fingerprint density at radius 3 is 1.62 bits per heavy atom. The highest BCUT2D eigenvalue weighted by Crippen LogP contribution is 2.39. The fourth-order valence-electron chi connectivity index (χ4n) is 7.01. The highest BCUT2D eigenvalue weighted by molar-refractivity contribution is 5.76. The number of hydrogen-bond acceptors (Lipinski definition) is 12. The van der Waals surface area contributed by atoms with Crippen molar-refractivity contribution in [1.29, 1.82) is 0 Å². The lowest BCUT2D eigenvalue weighted by Gasteiger charge is -2.46. The average molecular weight is 727 g/mol. The zero-order chi connectivity index (χ0) is 36.6. The molecule has 1 saturated heterocycles. The van der Waals surface area contributed by atoms with Gasteiger partial charge in [0, 0.05) is 0 Å².